The molecule has 0 fully saturated rings. The zero-order valence-corrected chi connectivity index (χ0v) is 16.0. The van der Waals surface area contributed by atoms with Crippen LogP contribution in [0.3, 0.4) is 0 Å². The molecule has 0 aliphatic heterocycles. The smallest absolute Gasteiger partial charge is 0.261 e. The van der Waals surface area contributed by atoms with Crippen LogP contribution in [0.4, 0.5) is 0 Å². The minimum atomic E-state index is -1.25. The molecular weight excluding hydrogens is 350 g/mol. The van der Waals surface area contributed by atoms with Gasteiger partial charge >= 0.3 is 0 Å². The average molecular weight is 376 g/mol. The number of amides is 1. The molecule has 0 saturated heterocycles. The summed E-state index contributed by atoms with van der Waals surface area (Å²) in [6.07, 6.45) is 4.11. The van der Waals surface area contributed by atoms with Crippen LogP contribution in [0, 0.1) is 0 Å². The van der Waals surface area contributed by atoms with E-state index in [-0.39, 0.29) is 17.2 Å². The van der Waals surface area contributed by atoms with Crippen LogP contribution in [-0.4, -0.2) is 53.5 Å². The van der Waals surface area contributed by atoms with E-state index < -0.39 is 11.2 Å². The summed E-state index contributed by atoms with van der Waals surface area (Å²) in [5.41, 5.74) is 6.22. The molecule has 9 heteroatoms. The normalized spacial score (nSPS) is 30.7. The van der Waals surface area contributed by atoms with Crippen LogP contribution in [0.15, 0.2) is 23.5 Å². The second-order valence-electron chi connectivity index (χ2n) is 5.86. The largest absolute Gasteiger partial charge is 0.372 e. The van der Waals surface area contributed by atoms with Crippen LogP contribution in [0.1, 0.15) is 6.92 Å². The summed E-state index contributed by atoms with van der Waals surface area (Å²) >= 11 is 13.0. The monoisotopic (exact) mass is 375 g/mol. The van der Waals surface area contributed by atoms with Crippen LogP contribution >= 0.6 is 37.9 Å². The molecule has 6 N–H and O–H groups in total. The lowest BCUT2D eigenvalue weighted by Crippen LogP contribution is -2.64. The van der Waals surface area contributed by atoms with Gasteiger partial charge in [-0.1, -0.05) is 6.92 Å². The van der Waals surface area contributed by atoms with Gasteiger partial charge in [0.25, 0.3) is 5.91 Å². The first kappa shape index (κ1) is 18.9. The number of hydrogen-bond acceptors (Lipinski definition) is 8. The number of nitrogens with two attached hydrogens (primary N) is 1. The van der Waals surface area contributed by atoms with Crippen molar-refractivity contribution >= 4 is 43.8 Å². The van der Waals surface area contributed by atoms with E-state index in [0.717, 1.165) is 17.9 Å². The van der Waals surface area contributed by atoms with Crippen molar-refractivity contribution in [3.8, 4) is 0 Å². The summed E-state index contributed by atoms with van der Waals surface area (Å²) in [6, 6.07) is 0. The summed E-state index contributed by atoms with van der Waals surface area (Å²) in [5, 5.41) is 12.5. The van der Waals surface area contributed by atoms with E-state index in [4.69, 9.17) is 5.73 Å². The molecule has 0 spiro atoms. The number of hydrogen-bond donors (Lipinski definition) is 8. The van der Waals surface area contributed by atoms with E-state index in [1.165, 1.54) is 0 Å². The summed E-state index contributed by atoms with van der Waals surface area (Å²) in [6.45, 7) is 2.92. The van der Waals surface area contributed by atoms with Gasteiger partial charge in [-0.2, -0.15) is 37.9 Å². The highest BCUT2D eigenvalue weighted by Gasteiger charge is 2.53. The van der Waals surface area contributed by atoms with Crippen molar-refractivity contribution in [2.75, 3.05) is 30.9 Å². The molecule has 0 bridgehead atoms. The molecule has 0 aromatic carbocycles. The second kappa shape index (κ2) is 6.79. The Bertz CT molecular complexity index is 555. The third kappa shape index (κ3) is 3.48. The van der Waals surface area contributed by atoms with Gasteiger partial charge in [0.1, 0.15) is 5.54 Å². The quantitative estimate of drug-likeness (QED) is 0.190. The van der Waals surface area contributed by atoms with Gasteiger partial charge in [-0.05, 0) is 18.7 Å². The molecule has 2 aliphatic carbocycles. The van der Waals surface area contributed by atoms with Crippen molar-refractivity contribution in [3.63, 3.8) is 0 Å². The maximum Gasteiger partial charge on any atom is 0.261 e. The van der Waals surface area contributed by atoms with Crippen LogP contribution in [0.5, 0.6) is 0 Å². The molecule has 0 radical (unpaired) electrons. The minimum Gasteiger partial charge on any atom is -0.372 e. The van der Waals surface area contributed by atoms with Crippen molar-refractivity contribution in [1.29, 1.82) is 0 Å². The number of carbonyl (C=O) groups excluding carboxylic acids is 1. The van der Waals surface area contributed by atoms with E-state index >= 15 is 0 Å². The highest BCUT2D eigenvalue weighted by molar-refractivity contribution is 7.80. The van der Waals surface area contributed by atoms with Crippen LogP contribution in [0.2, 0.25) is 0 Å². The predicted octanol–water partition coefficient (Wildman–Crippen LogP) is -0.762. The van der Waals surface area contributed by atoms with Gasteiger partial charge in [0.05, 0.1) is 5.54 Å². The van der Waals surface area contributed by atoms with Gasteiger partial charge in [0, 0.05) is 35.7 Å². The molecule has 0 aromatic rings. The Morgan fingerprint density at radius 1 is 1.22 bits per heavy atom. The molecule has 6 nitrogen and oxygen atoms in total. The zero-order valence-electron chi connectivity index (χ0n) is 13.3. The number of thiol groups is 3. The standard InChI is InChI=1S/C14H25N5OS3/c1-3-17-12(6-21)4-9(12)18-13(7-22)5-10(13)19-14(15,8-23)11(20)16-2/h4-5,17-19,21-23H,3,6-8,15H2,1-2H3,(H,16,20)/t12-,13-,14-/m0/s1. The summed E-state index contributed by atoms with van der Waals surface area (Å²) in [5.74, 6) is 1.10. The van der Waals surface area contributed by atoms with E-state index in [1.54, 1.807) is 7.05 Å². The third-order valence-electron chi connectivity index (χ3n) is 4.16. The van der Waals surface area contributed by atoms with Crippen molar-refractivity contribution in [2.24, 2.45) is 5.73 Å². The molecule has 2 aliphatic rings. The molecule has 1 amide bonds. The Kier molecular flexibility index (Phi) is 5.57. The topological polar surface area (TPSA) is 91.2 Å². The van der Waals surface area contributed by atoms with Crippen LogP contribution in [0.25, 0.3) is 0 Å². The fraction of sp³-hybridized carbons (Fsp3) is 0.643. The summed E-state index contributed by atoms with van der Waals surface area (Å²) < 4.78 is 0. The second-order valence-corrected chi connectivity index (χ2v) is 6.81. The fourth-order valence-corrected chi connectivity index (χ4v) is 3.45. The van der Waals surface area contributed by atoms with Gasteiger partial charge in [-0.15, -0.1) is 0 Å². The Hall–Kier alpha value is -0.480. The summed E-state index contributed by atoms with van der Waals surface area (Å²) in [7, 11) is 1.55. The fourth-order valence-electron chi connectivity index (χ4n) is 2.51. The van der Waals surface area contributed by atoms with Crippen LogP contribution in [-0.2, 0) is 4.79 Å². The third-order valence-corrected chi connectivity index (χ3v) is 5.66. The van der Waals surface area contributed by atoms with Gasteiger partial charge in [0.2, 0.25) is 0 Å². The Labute approximate surface area is 153 Å². The van der Waals surface area contributed by atoms with Crippen molar-refractivity contribution < 1.29 is 4.79 Å². The predicted molar refractivity (Wildman–Crippen MR) is 104 cm³/mol. The molecule has 23 heavy (non-hydrogen) atoms. The van der Waals surface area contributed by atoms with Crippen molar-refractivity contribution in [1.82, 2.24) is 21.3 Å². The van der Waals surface area contributed by atoms with Crippen LogP contribution < -0.4 is 27.0 Å². The molecule has 130 valence electrons. The van der Waals surface area contributed by atoms with Crippen molar-refractivity contribution in [3.05, 3.63) is 23.5 Å². The van der Waals surface area contributed by atoms with Crippen molar-refractivity contribution in [2.45, 2.75) is 23.7 Å². The highest BCUT2D eigenvalue weighted by Crippen LogP contribution is 2.41. The Morgan fingerprint density at radius 3 is 2.30 bits per heavy atom. The highest BCUT2D eigenvalue weighted by atomic mass is 32.1. The molecule has 3 atom stereocenters. The SMILES string of the molecule is CCN[C@]1(CS)C=C1N[C@]1(CS)C=C1N[C@@](N)(CS)C(=O)NC. The van der Waals surface area contributed by atoms with E-state index in [9.17, 15) is 4.79 Å². The average Bonchev–Trinajstić information content (AvgIpc) is 3.44. The van der Waals surface area contributed by atoms with Gasteiger partial charge in [-0.3, -0.25) is 4.79 Å². The molecular formula is C14H25N5OS3. The number of carbonyl (C=O) groups is 1. The molecule has 0 saturated carbocycles. The molecule has 2 rings (SSSR count). The number of nitrogens with one attached hydrogen (secondary N) is 4. The number of rotatable bonds is 10. The maximum atomic E-state index is 12.0. The zero-order chi connectivity index (χ0) is 17.3. The van der Waals surface area contributed by atoms with Gasteiger partial charge in [-0.25, -0.2) is 0 Å². The van der Waals surface area contributed by atoms with Gasteiger partial charge in [0.15, 0.2) is 5.66 Å². The molecule has 0 heterocycles. The lowest BCUT2D eigenvalue weighted by molar-refractivity contribution is -0.125. The Morgan fingerprint density at radius 2 is 1.83 bits per heavy atom. The van der Waals surface area contributed by atoms with E-state index in [0.29, 0.717) is 11.5 Å². The summed E-state index contributed by atoms with van der Waals surface area (Å²) in [4.78, 5) is 12.0. The Balaban J connectivity index is 1.99. The number of likely N-dealkylation sites (N-methyl/N-ethyl adjacent to an activating group) is 2. The first-order valence-corrected chi connectivity index (χ1v) is 9.36. The molecule has 0 aromatic heterocycles. The minimum absolute atomic E-state index is 0.167. The van der Waals surface area contributed by atoms with Gasteiger partial charge < -0.3 is 27.0 Å². The lowest BCUT2D eigenvalue weighted by atomic mass is 10.1. The maximum absolute atomic E-state index is 12.0. The van der Waals surface area contributed by atoms with E-state index in [1.807, 2.05) is 6.08 Å². The molecule has 0 unspecified atom stereocenters. The first-order chi connectivity index (χ1) is 10.8. The van der Waals surface area contributed by atoms with E-state index in [2.05, 4.69) is 72.2 Å². The lowest BCUT2D eigenvalue weighted by Gasteiger charge is -2.30. The first-order valence-electron chi connectivity index (χ1n) is 7.47.